The van der Waals surface area contributed by atoms with Crippen LogP contribution in [0.1, 0.15) is 26.0 Å². The molecule has 0 unspecified atom stereocenters. The predicted octanol–water partition coefficient (Wildman–Crippen LogP) is 1.86. The lowest BCUT2D eigenvalue weighted by molar-refractivity contribution is 0.0696. The highest BCUT2D eigenvalue weighted by Crippen LogP contribution is 2.05. The minimum atomic E-state index is 0.308. The molecule has 1 aromatic rings. The molecule has 0 amide bonds. The van der Waals surface area contributed by atoms with Gasteiger partial charge in [-0.2, -0.15) is 0 Å². The van der Waals surface area contributed by atoms with Crippen molar-refractivity contribution < 1.29 is 9.15 Å². The van der Waals surface area contributed by atoms with E-state index in [9.17, 15) is 0 Å². The highest BCUT2D eigenvalue weighted by molar-refractivity contribution is 4.97. The molecule has 0 spiro atoms. The van der Waals surface area contributed by atoms with Crippen LogP contribution in [-0.2, 0) is 11.3 Å². The fourth-order valence-corrected chi connectivity index (χ4v) is 1.68. The molecule has 4 heteroatoms. The van der Waals surface area contributed by atoms with Gasteiger partial charge in [0.25, 0.3) is 0 Å². The van der Waals surface area contributed by atoms with Crippen LogP contribution >= 0.6 is 0 Å². The lowest BCUT2D eigenvalue weighted by Crippen LogP contribution is -2.30. The normalized spacial score (nSPS) is 11.6. The molecule has 17 heavy (non-hydrogen) atoms. The zero-order chi connectivity index (χ0) is 12.5. The van der Waals surface area contributed by atoms with Crippen LogP contribution in [0.3, 0.4) is 0 Å². The number of ether oxygens (including phenoxy) is 1. The second kappa shape index (κ2) is 8.28. The predicted molar refractivity (Wildman–Crippen MR) is 68.7 cm³/mol. The van der Waals surface area contributed by atoms with Crippen molar-refractivity contribution in [1.82, 2.24) is 4.90 Å². The van der Waals surface area contributed by atoms with Gasteiger partial charge in [-0.1, -0.05) is 0 Å². The first-order valence-corrected chi connectivity index (χ1v) is 6.28. The van der Waals surface area contributed by atoms with Gasteiger partial charge < -0.3 is 14.9 Å². The van der Waals surface area contributed by atoms with Crippen molar-refractivity contribution in [1.29, 1.82) is 0 Å². The van der Waals surface area contributed by atoms with Crippen LogP contribution in [0.5, 0.6) is 0 Å². The zero-order valence-electron chi connectivity index (χ0n) is 10.9. The lowest BCUT2D eigenvalue weighted by atomic mass is 10.3. The van der Waals surface area contributed by atoms with Crippen molar-refractivity contribution in [2.24, 2.45) is 5.73 Å². The van der Waals surface area contributed by atoms with Crippen molar-refractivity contribution in [2.45, 2.75) is 32.9 Å². The Hall–Kier alpha value is -0.840. The summed E-state index contributed by atoms with van der Waals surface area (Å²) in [5.41, 5.74) is 5.61. The fourth-order valence-electron chi connectivity index (χ4n) is 1.68. The summed E-state index contributed by atoms with van der Waals surface area (Å²) in [7, 11) is 0. The molecule has 4 nitrogen and oxygen atoms in total. The summed E-state index contributed by atoms with van der Waals surface area (Å²) in [6.45, 7) is 8.29. The third-order valence-corrected chi connectivity index (χ3v) is 2.47. The summed E-state index contributed by atoms with van der Waals surface area (Å²) >= 11 is 0. The van der Waals surface area contributed by atoms with Gasteiger partial charge in [0.2, 0.25) is 0 Å². The van der Waals surface area contributed by atoms with E-state index in [0.717, 1.165) is 38.4 Å². The summed E-state index contributed by atoms with van der Waals surface area (Å²) in [6.07, 6.45) is 3.04. The molecule has 2 N–H and O–H groups in total. The van der Waals surface area contributed by atoms with Crippen molar-refractivity contribution in [3.8, 4) is 0 Å². The number of nitrogens with two attached hydrogens (primary N) is 1. The average molecular weight is 240 g/mol. The molecule has 1 heterocycles. The quantitative estimate of drug-likeness (QED) is 0.669. The van der Waals surface area contributed by atoms with E-state index in [1.165, 1.54) is 0 Å². The maximum Gasteiger partial charge on any atom is 0.117 e. The monoisotopic (exact) mass is 240 g/mol. The van der Waals surface area contributed by atoms with Gasteiger partial charge in [0, 0.05) is 26.2 Å². The Kier molecular flexibility index (Phi) is 6.93. The topological polar surface area (TPSA) is 51.6 Å². The van der Waals surface area contributed by atoms with E-state index >= 15 is 0 Å². The molecule has 0 radical (unpaired) electrons. The smallest absolute Gasteiger partial charge is 0.117 e. The molecular weight excluding hydrogens is 216 g/mol. The van der Waals surface area contributed by atoms with Crippen LogP contribution in [0.25, 0.3) is 0 Å². The molecule has 0 atom stereocenters. The minimum absolute atomic E-state index is 0.308. The van der Waals surface area contributed by atoms with Gasteiger partial charge >= 0.3 is 0 Å². The summed E-state index contributed by atoms with van der Waals surface area (Å²) in [6, 6.07) is 3.91. The van der Waals surface area contributed by atoms with Gasteiger partial charge in [-0.25, -0.2) is 0 Å². The number of furan rings is 1. The molecular formula is C13H24N2O2. The van der Waals surface area contributed by atoms with Gasteiger partial charge in [-0.3, -0.25) is 4.90 Å². The fraction of sp³-hybridized carbons (Fsp3) is 0.692. The molecule has 0 aliphatic heterocycles. The Labute approximate surface area is 104 Å². The molecule has 1 rings (SSSR count). The number of nitrogens with zero attached hydrogens (tertiary/aromatic N) is 1. The van der Waals surface area contributed by atoms with E-state index in [4.69, 9.17) is 14.9 Å². The van der Waals surface area contributed by atoms with E-state index < -0.39 is 0 Å². The molecule has 0 fully saturated rings. The molecule has 0 saturated heterocycles. The molecule has 0 aliphatic rings. The first kappa shape index (κ1) is 14.2. The van der Waals surface area contributed by atoms with Crippen LogP contribution in [0.15, 0.2) is 22.8 Å². The first-order valence-electron chi connectivity index (χ1n) is 6.28. The summed E-state index contributed by atoms with van der Waals surface area (Å²) in [5, 5.41) is 0. The van der Waals surface area contributed by atoms with E-state index in [0.29, 0.717) is 12.6 Å². The second-order valence-corrected chi connectivity index (χ2v) is 4.42. The standard InChI is InChI=1S/C13H24N2O2/c1-12(2)16-10-4-7-15(8-6-14)11-13-5-3-9-17-13/h3,5,9,12H,4,6-8,10-11,14H2,1-2H3. The largest absolute Gasteiger partial charge is 0.468 e. The van der Waals surface area contributed by atoms with Crippen LogP contribution in [0, 0.1) is 0 Å². The minimum Gasteiger partial charge on any atom is -0.468 e. The Morgan fingerprint density at radius 2 is 2.24 bits per heavy atom. The van der Waals surface area contributed by atoms with Crippen LogP contribution in [0.4, 0.5) is 0 Å². The summed E-state index contributed by atoms with van der Waals surface area (Å²) in [4.78, 5) is 2.29. The summed E-state index contributed by atoms with van der Waals surface area (Å²) in [5.74, 6) is 0.989. The second-order valence-electron chi connectivity index (χ2n) is 4.42. The van der Waals surface area contributed by atoms with Crippen molar-refractivity contribution in [2.75, 3.05) is 26.2 Å². The van der Waals surface area contributed by atoms with E-state index in [1.807, 2.05) is 12.1 Å². The number of hydrogen-bond donors (Lipinski definition) is 1. The molecule has 0 aliphatic carbocycles. The SMILES string of the molecule is CC(C)OCCCN(CCN)Cc1ccco1. The van der Waals surface area contributed by atoms with Crippen LogP contribution in [0.2, 0.25) is 0 Å². The Morgan fingerprint density at radius 3 is 2.82 bits per heavy atom. The highest BCUT2D eigenvalue weighted by Gasteiger charge is 2.06. The molecule has 98 valence electrons. The van der Waals surface area contributed by atoms with Gasteiger partial charge in [0.1, 0.15) is 5.76 Å². The van der Waals surface area contributed by atoms with Crippen LogP contribution < -0.4 is 5.73 Å². The molecule has 0 saturated carbocycles. The molecule has 0 bridgehead atoms. The number of hydrogen-bond acceptors (Lipinski definition) is 4. The highest BCUT2D eigenvalue weighted by atomic mass is 16.5. The third-order valence-electron chi connectivity index (χ3n) is 2.47. The zero-order valence-corrected chi connectivity index (χ0v) is 10.9. The van der Waals surface area contributed by atoms with E-state index in [2.05, 4.69) is 18.7 Å². The third kappa shape index (κ3) is 6.46. The van der Waals surface area contributed by atoms with Gasteiger partial charge in [0.05, 0.1) is 18.9 Å². The maximum atomic E-state index is 5.61. The van der Waals surface area contributed by atoms with Crippen molar-refractivity contribution in [3.63, 3.8) is 0 Å². The van der Waals surface area contributed by atoms with E-state index in [1.54, 1.807) is 6.26 Å². The Bertz CT molecular complexity index is 273. The molecule has 0 aromatic carbocycles. The number of rotatable bonds is 9. The average Bonchev–Trinajstić information content (AvgIpc) is 2.77. The van der Waals surface area contributed by atoms with Crippen molar-refractivity contribution in [3.05, 3.63) is 24.2 Å². The Morgan fingerprint density at radius 1 is 1.41 bits per heavy atom. The Balaban J connectivity index is 2.23. The summed E-state index contributed by atoms with van der Waals surface area (Å²) < 4.78 is 10.9. The van der Waals surface area contributed by atoms with Gasteiger partial charge in [0.15, 0.2) is 0 Å². The van der Waals surface area contributed by atoms with Gasteiger partial charge in [-0.15, -0.1) is 0 Å². The van der Waals surface area contributed by atoms with Crippen molar-refractivity contribution >= 4 is 0 Å². The first-order chi connectivity index (χ1) is 8.22. The van der Waals surface area contributed by atoms with Crippen LogP contribution in [-0.4, -0.2) is 37.2 Å². The maximum absolute atomic E-state index is 5.61. The van der Waals surface area contributed by atoms with Gasteiger partial charge in [-0.05, 0) is 32.4 Å². The van der Waals surface area contributed by atoms with E-state index in [-0.39, 0.29) is 0 Å². The lowest BCUT2D eigenvalue weighted by Gasteiger charge is -2.20. The molecule has 1 aromatic heterocycles.